The fourth-order valence-corrected chi connectivity index (χ4v) is 2.83. The lowest BCUT2D eigenvalue weighted by Gasteiger charge is -2.02. The quantitative estimate of drug-likeness (QED) is 0.354. The van der Waals surface area contributed by atoms with Crippen LogP contribution in [0.5, 0.6) is 0 Å². The maximum atomic E-state index is 11.9. The Hall–Kier alpha value is -2.75. The molecule has 1 heterocycles. The second-order valence-corrected chi connectivity index (χ2v) is 6.77. The van der Waals surface area contributed by atoms with Crippen LogP contribution in [0.2, 0.25) is 5.02 Å². The molecule has 0 aliphatic carbocycles. The minimum absolute atomic E-state index is 0.0108. The van der Waals surface area contributed by atoms with E-state index in [0.717, 1.165) is 5.56 Å². The Balaban J connectivity index is 1.45. The van der Waals surface area contributed by atoms with Crippen LogP contribution in [0.1, 0.15) is 15.9 Å². The molecule has 27 heavy (non-hydrogen) atoms. The zero-order chi connectivity index (χ0) is 19.1. The molecule has 0 radical (unpaired) electrons. The summed E-state index contributed by atoms with van der Waals surface area (Å²) in [5.41, 5.74) is 2.36. The van der Waals surface area contributed by atoms with Crippen molar-refractivity contribution in [2.45, 2.75) is 12.1 Å². The van der Waals surface area contributed by atoms with Gasteiger partial charge in [0, 0.05) is 5.56 Å². The summed E-state index contributed by atoms with van der Waals surface area (Å²) >= 11 is 7.26. The molecule has 7 heteroatoms. The Kier molecular flexibility index (Phi) is 6.53. The van der Waals surface area contributed by atoms with Gasteiger partial charge in [0.25, 0.3) is 5.22 Å². The van der Waals surface area contributed by atoms with Crippen LogP contribution in [0.25, 0.3) is 11.5 Å². The van der Waals surface area contributed by atoms with Gasteiger partial charge in [-0.15, -0.1) is 10.2 Å². The number of thioether (sulfide) groups is 1. The monoisotopic (exact) mass is 398 g/mol. The van der Waals surface area contributed by atoms with Crippen LogP contribution in [-0.2, 0) is 4.74 Å². The summed E-state index contributed by atoms with van der Waals surface area (Å²) in [6.07, 6.45) is 0. The molecule has 0 saturated carbocycles. The fraction of sp³-hybridized carbons (Fsp3) is 0.150. The number of esters is 1. The standard InChI is InChI=1S/C20H15ClN2O3S/c1-14-8-10-15(11-9-14)18-22-23-20(26-18)27-13-5-4-12-25-19(24)16-6-2-3-7-17(16)21/h2-3,6-11H,12-13H2,1H3. The number of rotatable bonds is 5. The Morgan fingerprint density at radius 2 is 1.93 bits per heavy atom. The highest BCUT2D eigenvalue weighted by molar-refractivity contribution is 7.99. The second-order valence-electron chi connectivity index (χ2n) is 5.44. The van der Waals surface area contributed by atoms with Crippen LogP contribution in [0, 0.1) is 18.8 Å². The minimum Gasteiger partial charge on any atom is -0.449 e. The number of carbonyl (C=O) groups is 1. The van der Waals surface area contributed by atoms with E-state index >= 15 is 0 Å². The first kappa shape index (κ1) is 19.0. The summed E-state index contributed by atoms with van der Waals surface area (Å²) < 4.78 is 10.7. The van der Waals surface area contributed by atoms with E-state index in [1.807, 2.05) is 31.2 Å². The third-order valence-corrected chi connectivity index (χ3v) is 4.50. The number of carbonyl (C=O) groups excluding carboxylic acids is 1. The highest BCUT2D eigenvalue weighted by Crippen LogP contribution is 2.23. The molecular weight excluding hydrogens is 384 g/mol. The van der Waals surface area contributed by atoms with Crippen molar-refractivity contribution in [3.05, 3.63) is 64.7 Å². The summed E-state index contributed by atoms with van der Waals surface area (Å²) in [4.78, 5) is 11.9. The highest BCUT2D eigenvalue weighted by atomic mass is 35.5. The van der Waals surface area contributed by atoms with Gasteiger partial charge >= 0.3 is 5.97 Å². The number of ether oxygens (including phenoxy) is 1. The topological polar surface area (TPSA) is 65.2 Å². The zero-order valence-electron chi connectivity index (χ0n) is 14.4. The van der Waals surface area contributed by atoms with Gasteiger partial charge in [0.2, 0.25) is 5.89 Å². The van der Waals surface area contributed by atoms with Gasteiger partial charge < -0.3 is 9.15 Å². The van der Waals surface area contributed by atoms with Crippen molar-refractivity contribution in [2.75, 3.05) is 12.4 Å². The molecule has 0 atom stereocenters. The first-order valence-corrected chi connectivity index (χ1v) is 9.40. The Morgan fingerprint density at radius 3 is 2.70 bits per heavy atom. The minimum atomic E-state index is -0.498. The highest BCUT2D eigenvalue weighted by Gasteiger charge is 2.10. The maximum absolute atomic E-state index is 11.9. The molecule has 5 nitrogen and oxygen atoms in total. The van der Waals surface area contributed by atoms with Crippen molar-refractivity contribution in [1.29, 1.82) is 0 Å². The van der Waals surface area contributed by atoms with Crippen LogP contribution in [-0.4, -0.2) is 28.5 Å². The van der Waals surface area contributed by atoms with E-state index in [1.165, 1.54) is 17.3 Å². The predicted molar refractivity (Wildman–Crippen MR) is 105 cm³/mol. The van der Waals surface area contributed by atoms with Gasteiger partial charge in [0.1, 0.15) is 0 Å². The number of benzene rings is 2. The molecule has 2 aromatic carbocycles. The number of nitrogens with zero attached hydrogens (tertiary/aromatic N) is 2. The summed E-state index contributed by atoms with van der Waals surface area (Å²) in [6.45, 7) is 2.01. The molecule has 0 aliphatic rings. The van der Waals surface area contributed by atoms with Crippen LogP contribution in [0.3, 0.4) is 0 Å². The smallest absolute Gasteiger partial charge is 0.340 e. The first-order chi connectivity index (χ1) is 13.1. The largest absolute Gasteiger partial charge is 0.449 e. The van der Waals surface area contributed by atoms with E-state index in [-0.39, 0.29) is 6.61 Å². The molecule has 0 spiro atoms. The molecule has 3 aromatic rings. The molecule has 0 unspecified atom stereocenters. The molecule has 0 bridgehead atoms. The lowest BCUT2D eigenvalue weighted by Crippen LogP contribution is -2.05. The number of hydrogen-bond donors (Lipinski definition) is 0. The Morgan fingerprint density at radius 1 is 1.15 bits per heavy atom. The van der Waals surface area contributed by atoms with Crippen molar-refractivity contribution >= 4 is 29.3 Å². The molecule has 0 saturated heterocycles. The van der Waals surface area contributed by atoms with Gasteiger partial charge in [-0.25, -0.2) is 4.79 Å². The third kappa shape index (κ3) is 5.36. The van der Waals surface area contributed by atoms with Crippen molar-refractivity contribution in [3.8, 4) is 23.3 Å². The van der Waals surface area contributed by atoms with E-state index in [2.05, 4.69) is 22.0 Å². The van der Waals surface area contributed by atoms with Gasteiger partial charge in [-0.1, -0.05) is 65.0 Å². The van der Waals surface area contributed by atoms with Gasteiger partial charge in [-0.2, -0.15) is 0 Å². The molecule has 0 aliphatic heterocycles. The van der Waals surface area contributed by atoms with E-state index < -0.39 is 5.97 Å². The Labute approximate surface area is 166 Å². The van der Waals surface area contributed by atoms with Gasteiger partial charge in [-0.05, 0) is 31.2 Å². The van der Waals surface area contributed by atoms with E-state index in [1.54, 1.807) is 24.3 Å². The van der Waals surface area contributed by atoms with Gasteiger partial charge in [0.15, 0.2) is 6.61 Å². The lowest BCUT2D eigenvalue weighted by atomic mass is 10.1. The third-order valence-electron chi connectivity index (χ3n) is 3.47. The molecule has 0 N–H and O–H groups in total. The van der Waals surface area contributed by atoms with Crippen LogP contribution in [0.4, 0.5) is 0 Å². The first-order valence-electron chi connectivity index (χ1n) is 8.04. The van der Waals surface area contributed by atoms with Gasteiger partial charge in [0.05, 0.1) is 16.3 Å². The Bertz CT molecular complexity index is 990. The SMILES string of the molecule is Cc1ccc(-c2nnc(SCC#CCOC(=O)c3ccccc3Cl)o2)cc1. The van der Waals surface area contributed by atoms with Crippen molar-refractivity contribution < 1.29 is 13.9 Å². The molecule has 3 rings (SSSR count). The van der Waals surface area contributed by atoms with E-state index in [0.29, 0.717) is 27.5 Å². The summed E-state index contributed by atoms with van der Waals surface area (Å²) in [5, 5.41) is 8.81. The number of aryl methyl sites for hydroxylation is 1. The maximum Gasteiger partial charge on any atom is 0.340 e. The summed E-state index contributed by atoms with van der Waals surface area (Å²) in [5.74, 6) is 6.08. The van der Waals surface area contributed by atoms with Crippen LogP contribution < -0.4 is 0 Å². The fourth-order valence-electron chi connectivity index (χ4n) is 2.09. The van der Waals surface area contributed by atoms with Crippen LogP contribution in [0.15, 0.2) is 58.2 Å². The molecule has 136 valence electrons. The summed E-state index contributed by atoms with van der Waals surface area (Å²) in [7, 11) is 0. The average molecular weight is 399 g/mol. The lowest BCUT2D eigenvalue weighted by molar-refractivity contribution is 0.0557. The van der Waals surface area contributed by atoms with Crippen molar-refractivity contribution in [2.24, 2.45) is 0 Å². The summed E-state index contributed by atoms with van der Waals surface area (Å²) in [6, 6.07) is 14.6. The van der Waals surface area contributed by atoms with E-state index in [4.69, 9.17) is 20.8 Å². The van der Waals surface area contributed by atoms with E-state index in [9.17, 15) is 4.79 Å². The van der Waals surface area contributed by atoms with Crippen molar-refractivity contribution in [1.82, 2.24) is 10.2 Å². The van der Waals surface area contributed by atoms with Crippen molar-refractivity contribution in [3.63, 3.8) is 0 Å². The average Bonchev–Trinajstić information content (AvgIpc) is 3.14. The zero-order valence-corrected chi connectivity index (χ0v) is 16.0. The number of hydrogen-bond acceptors (Lipinski definition) is 6. The van der Waals surface area contributed by atoms with Gasteiger partial charge in [-0.3, -0.25) is 0 Å². The second kappa shape index (κ2) is 9.26. The molecule has 1 aromatic heterocycles. The molecule has 0 amide bonds. The molecular formula is C20H15ClN2O3S. The normalized spacial score (nSPS) is 10.1. The van der Waals surface area contributed by atoms with Crippen LogP contribution >= 0.6 is 23.4 Å². The predicted octanol–water partition coefficient (Wildman–Crippen LogP) is 4.65. The molecule has 0 fully saturated rings. The number of halogens is 1. The number of aromatic nitrogens is 2.